The number of carbonyl (C=O) groups excluding carboxylic acids is 3. The molecule has 1 heterocycles. The highest BCUT2D eigenvalue weighted by Gasteiger charge is 2.40. The molecule has 0 saturated carbocycles. The number of rotatable bonds is 9. The average molecular weight is 535 g/mol. The zero-order valence-corrected chi connectivity index (χ0v) is 22.4. The number of hydrogen-bond donors (Lipinski definition) is 1. The van der Waals surface area contributed by atoms with Crippen LogP contribution in [-0.2, 0) is 14.3 Å². The third kappa shape index (κ3) is 6.06. The van der Waals surface area contributed by atoms with Gasteiger partial charge in [0.1, 0.15) is 10.6 Å². The number of nitrogens with zero attached hydrogens (tertiary/aromatic N) is 1. The lowest BCUT2D eigenvalue weighted by Crippen LogP contribution is -2.32. The molecular weight excluding hydrogens is 508 g/mol. The number of amides is 2. The van der Waals surface area contributed by atoms with E-state index in [1.807, 2.05) is 39.0 Å². The lowest BCUT2D eigenvalue weighted by atomic mass is 10.1. The second-order valence-corrected chi connectivity index (χ2v) is 10.2. The van der Waals surface area contributed by atoms with Gasteiger partial charge in [0.25, 0.3) is 11.8 Å². The van der Waals surface area contributed by atoms with Gasteiger partial charge in [-0.2, -0.15) is 0 Å². The van der Waals surface area contributed by atoms with Gasteiger partial charge in [-0.05, 0) is 80.4 Å². The summed E-state index contributed by atoms with van der Waals surface area (Å²) in [6.45, 7) is 6.30. The van der Waals surface area contributed by atoms with E-state index in [-0.39, 0.29) is 10.6 Å². The zero-order chi connectivity index (χ0) is 26.5. The van der Waals surface area contributed by atoms with Gasteiger partial charge in [-0.15, -0.1) is 0 Å². The van der Waals surface area contributed by atoms with Gasteiger partial charge in [-0.25, -0.2) is 9.69 Å². The number of esters is 1. The molecule has 0 radical (unpaired) electrons. The summed E-state index contributed by atoms with van der Waals surface area (Å²) in [4.78, 5) is 41.6. The minimum absolute atomic E-state index is 0.194. The van der Waals surface area contributed by atoms with E-state index in [1.54, 1.807) is 48.5 Å². The van der Waals surface area contributed by atoms with Crippen LogP contribution >= 0.6 is 23.4 Å². The van der Waals surface area contributed by atoms with Gasteiger partial charge in [0, 0.05) is 15.6 Å². The molecule has 1 aliphatic rings. The number of aryl methyl sites for hydroxylation is 2. The maximum absolute atomic E-state index is 13.6. The number of imide groups is 1. The maximum Gasteiger partial charge on any atom is 0.338 e. The van der Waals surface area contributed by atoms with Crippen LogP contribution in [0.1, 0.15) is 41.3 Å². The van der Waals surface area contributed by atoms with Gasteiger partial charge in [0.15, 0.2) is 0 Å². The molecule has 0 bridgehead atoms. The summed E-state index contributed by atoms with van der Waals surface area (Å²) in [7, 11) is 0. The van der Waals surface area contributed by atoms with E-state index in [9.17, 15) is 14.4 Å². The molecule has 0 saturated heterocycles. The molecule has 3 aromatic carbocycles. The molecule has 2 amide bonds. The first-order valence-electron chi connectivity index (χ1n) is 12.0. The van der Waals surface area contributed by atoms with E-state index in [2.05, 4.69) is 5.32 Å². The van der Waals surface area contributed by atoms with Gasteiger partial charge in [0.2, 0.25) is 0 Å². The van der Waals surface area contributed by atoms with Crippen molar-refractivity contribution in [2.45, 2.75) is 38.5 Å². The summed E-state index contributed by atoms with van der Waals surface area (Å²) in [6.07, 6.45) is 1.71. The van der Waals surface area contributed by atoms with Crippen LogP contribution in [0, 0.1) is 13.8 Å². The lowest BCUT2D eigenvalue weighted by molar-refractivity contribution is -0.120. The van der Waals surface area contributed by atoms with Gasteiger partial charge >= 0.3 is 5.97 Å². The summed E-state index contributed by atoms with van der Waals surface area (Å²) in [5.74, 6) is -1.36. The smallest absolute Gasteiger partial charge is 0.338 e. The molecule has 8 heteroatoms. The Balaban J connectivity index is 1.64. The van der Waals surface area contributed by atoms with Crippen LogP contribution in [0.5, 0.6) is 0 Å². The molecule has 6 nitrogen and oxygen atoms in total. The van der Waals surface area contributed by atoms with Crippen molar-refractivity contribution in [3.8, 4) is 0 Å². The third-order valence-corrected chi connectivity index (χ3v) is 7.15. The molecule has 0 unspecified atom stereocenters. The first-order chi connectivity index (χ1) is 17.8. The molecule has 4 rings (SSSR count). The predicted molar refractivity (Wildman–Crippen MR) is 148 cm³/mol. The fraction of sp³-hybridized carbons (Fsp3) is 0.207. The Kier molecular flexibility index (Phi) is 8.36. The second-order valence-electron chi connectivity index (χ2n) is 8.69. The van der Waals surface area contributed by atoms with E-state index in [0.717, 1.165) is 39.5 Å². The summed E-state index contributed by atoms with van der Waals surface area (Å²) in [6, 6.07) is 19.2. The number of carbonyl (C=O) groups is 3. The van der Waals surface area contributed by atoms with E-state index in [4.69, 9.17) is 16.3 Å². The van der Waals surface area contributed by atoms with Crippen LogP contribution < -0.4 is 10.2 Å². The Labute approximate surface area is 225 Å². The highest BCUT2D eigenvalue weighted by atomic mass is 35.5. The number of thioether (sulfide) groups is 1. The van der Waals surface area contributed by atoms with Crippen LogP contribution in [0.3, 0.4) is 0 Å². The Morgan fingerprint density at radius 3 is 2.32 bits per heavy atom. The molecule has 37 heavy (non-hydrogen) atoms. The van der Waals surface area contributed by atoms with Crippen molar-refractivity contribution >= 4 is 52.5 Å². The maximum atomic E-state index is 13.6. The number of unbranched alkanes of at least 4 members (excludes halogenated alkanes) is 1. The molecule has 1 N–H and O–H groups in total. The van der Waals surface area contributed by atoms with Crippen LogP contribution in [0.25, 0.3) is 0 Å². The number of hydrogen-bond acceptors (Lipinski definition) is 6. The number of halogens is 1. The molecule has 0 aliphatic carbocycles. The highest BCUT2D eigenvalue weighted by Crippen LogP contribution is 2.38. The van der Waals surface area contributed by atoms with Crippen molar-refractivity contribution in [1.82, 2.24) is 0 Å². The molecule has 0 aromatic heterocycles. The normalized spacial score (nSPS) is 13.4. The van der Waals surface area contributed by atoms with Crippen LogP contribution in [0.15, 0.2) is 82.2 Å². The average Bonchev–Trinajstić information content (AvgIpc) is 3.11. The van der Waals surface area contributed by atoms with Gasteiger partial charge < -0.3 is 10.1 Å². The Morgan fingerprint density at radius 1 is 0.973 bits per heavy atom. The van der Waals surface area contributed by atoms with Gasteiger partial charge in [-0.1, -0.05) is 54.4 Å². The largest absolute Gasteiger partial charge is 0.462 e. The fourth-order valence-corrected chi connectivity index (χ4v) is 4.85. The van der Waals surface area contributed by atoms with Crippen molar-refractivity contribution in [3.05, 3.63) is 99.0 Å². The zero-order valence-electron chi connectivity index (χ0n) is 20.8. The Bertz CT molecular complexity index is 1370. The number of anilines is 2. The Morgan fingerprint density at radius 2 is 1.68 bits per heavy atom. The number of ether oxygens (including phenoxy) is 1. The molecule has 3 aromatic rings. The standard InChI is InChI=1S/C29H27ClN2O4S/c1-4-5-16-36-29(35)20-7-11-22(12-8-20)32-27(33)25(31-24-15-6-18(2)17-19(24)3)26(28(32)34)37-23-13-9-21(30)10-14-23/h6-15,17,31H,4-5,16H2,1-3H3. The first-order valence-corrected chi connectivity index (χ1v) is 13.2. The molecule has 0 spiro atoms. The van der Waals surface area contributed by atoms with E-state index < -0.39 is 17.8 Å². The fourth-order valence-electron chi connectivity index (χ4n) is 3.80. The second kappa shape index (κ2) is 11.7. The Hall–Kier alpha value is -3.55. The molecular formula is C29H27ClN2O4S. The monoisotopic (exact) mass is 534 g/mol. The lowest BCUT2D eigenvalue weighted by Gasteiger charge is -2.16. The van der Waals surface area contributed by atoms with E-state index in [1.165, 1.54) is 11.8 Å². The SMILES string of the molecule is CCCCOC(=O)c1ccc(N2C(=O)C(Nc3ccc(C)cc3C)=C(Sc3ccc(Cl)cc3)C2=O)cc1. The minimum atomic E-state index is -0.472. The summed E-state index contributed by atoms with van der Waals surface area (Å²) >= 11 is 7.22. The molecule has 1 aliphatic heterocycles. The summed E-state index contributed by atoms with van der Waals surface area (Å²) in [5.41, 5.74) is 3.70. The minimum Gasteiger partial charge on any atom is -0.462 e. The topological polar surface area (TPSA) is 75.7 Å². The van der Waals surface area contributed by atoms with Gasteiger partial charge in [0.05, 0.1) is 17.9 Å². The number of benzene rings is 3. The predicted octanol–water partition coefficient (Wildman–Crippen LogP) is 6.90. The van der Waals surface area contributed by atoms with Gasteiger partial charge in [-0.3, -0.25) is 9.59 Å². The molecule has 0 fully saturated rings. The van der Waals surface area contributed by atoms with Crippen molar-refractivity contribution in [2.75, 3.05) is 16.8 Å². The van der Waals surface area contributed by atoms with Crippen molar-refractivity contribution < 1.29 is 19.1 Å². The van der Waals surface area contributed by atoms with Crippen LogP contribution in [0.4, 0.5) is 11.4 Å². The summed E-state index contributed by atoms with van der Waals surface area (Å²) in [5, 5.41) is 3.78. The third-order valence-electron chi connectivity index (χ3n) is 5.81. The quantitative estimate of drug-likeness (QED) is 0.183. The van der Waals surface area contributed by atoms with E-state index >= 15 is 0 Å². The molecule has 0 atom stereocenters. The van der Waals surface area contributed by atoms with E-state index in [0.29, 0.717) is 22.9 Å². The highest BCUT2D eigenvalue weighted by molar-refractivity contribution is 8.04. The summed E-state index contributed by atoms with van der Waals surface area (Å²) < 4.78 is 5.25. The van der Waals surface area contributed by atoms with Crippen molar-refractivity contribution in [2.24, 2.45) is 0 Å². The van der Waals surface area contributed by atoms with Crippen LogP contribution in [-0.4, -0.2) is 24.4 Å². The van der Waals surface area contributed by atoms with Crippen LogP contribution in [0.2, 0.25) is 5.02 Å². The van der Waals surface area contributed by atoms with Crippen molar-refractivity contribution in [1.29, 1.82) is 0 Å². The molecule has 190 valence electrons. The number of nitrogens with one attached hydrogen (secondary N) is 1. The first kappa shape index (κ1) is 26.5. The van der Waals surface area contributed by atoms with Crippen molar-refractivity contribution in [3.63, 3.8) is 0 Å².